The second-order valence-corrected chi connectivity index (χ2v) is 6.70. The number of fused-ring (bicyclic) bond motifs is 1. The van der Waals surface area contributed by atoms with Crippen molar-refractivity contribution in [3.8, 4) is 0 Å². The lowest BCUT2D eigenvalue weighted by molar-refractivity contribution is 0.0940. The molecule has 0 fully saturated rings. The predicted molar refractivity (Wildman–Crippen MR) is 74.2 cm³/mol. The Hall–Kier alpha value is -0.770. The number of hydrogen-bond donors (Lipinski definition) is 0. The second kappa shape index (κ2) is 5.91. The number of nitrogens with zero attached hydrogens (tertiary/aromatic N) is 1. The monoisotopic (exact) mass is 267 g/mol. The number of carbonyl (C=O) groups excluding carboxylic acids is 1. The van der Waals surface area contributed by atoms with Crippen molar-refractivity contribution in [2.45, 2.75) is 51.7 Å². The number of aromatic nitrogens is 1. The maximum Gasteiger partial charge on any atom is 0.168 e. The first-order chi connectivity index (χ1) is 8.65. The molecule has 0 saturated heterocycles. The zero-order chi connectivity index (χ0) is 13.1. The average Bonchev–Trinajstić information content (AvgIpc) is 2.72. The highest BCUT2D eigenvalue weighted by molar-refractivity contribution is 7.99. The maximum absolute atomic E-state index is 12.2. The molecule has 0 aliphatic heterocycles. The molecule has 1 aliphatic rings. The van der Waals surface area contributed by atoms with Crippen LogP contribution < -0.4 is 0 Å². The summed E-state index contributed by atoms with van der Waals surface area (Å²) in [6, 6.07) is 0. The predicted octanol–water partition coefficient (Wildman–Crippen LogP) is 3.51. The molecule has 0 spiro atoms. The van der Waals surface area contributed by atoms with Crippen molar-refractivity contribution in [1.29, 1.82) is 0 Å². The van der Waals surface area contributed by atoms with E-state index in [0.717, 1.165) is 42.0 Å². The van der Waals surface area contributed by atoms with Gasteiger partial charge in [-0.2, -0.15) is 11.8 Å². The molecule has 0 radical (unpaired) electrons. The molecule has 0 amide bonds. The van der Waals surface area contributed by atoms with Gasteiger partial charge in [-0.3, -0.25) is 4.79 Å². The minimum Gasteiger partial charge on any atom is -0.360 e. The van der Waals surface area contributed by atoms with Crippen LogP contribution in [0, 0.1) is 5.92 Å². The summed E-state index contributed by atoms with van der Waals surface area (Å²) in [5.74, 6) is 2.61. The van der Waals surface area contributed by atoms with Crippen LogP contribution in [0.25, 0.3) is 0 Å². The minimum absolute atomic E-state index is 0.230. The molecule has 2 atom stereocenters. The van der Waals surface area contributed by atoms with Gasteiger partial charge in [-0.15, -0.1) is 0 Å². The number of Topliss-reactive ketones (excluding diaryl/α,β-unsaturated/α-hetero) is 1. The van der Waals surface area contributed by atoms with Crippen molar-refractivity contribution in [3.63, 3.8) is 0 Å². The van der Waals surface area contributed by atoms with Crippen LogP contribution in [0.4, 0.5) is 0 Å². The van der Waals surface area contributed by atoms with Crippen molar-refractivity contribution in [3.05, 3.63) is 17.0 Å². The Kier molecular flexibility index (Phi) is 4.49. The topological polar surface area (TPSA) is 43.1 Å². The Morgan fingerprint density at radius 2 is 2.22 bits per heavy atom. The standard InChI is InChI=1S/C14H21NO2S/c1-4-11-14-12(16)7-10(6-9(3)18-5-2)8-13(14)17-15-11/h9-10H,4-8H2,1-3H3/t9-,10+/m0/s1. The van der Waals surface area contributed by atoms with Crippen molar-refractivity contribution in [2.75, 3.05) is 5.75 Å². The van der Waals surface area contributed by atoms with Gasteiger partial charge in [0.25, 0.3) is 0 Å². The van der Waals surface area contributed by atoms with Gasteiger partial charge in [-0.1, -0.05) is 25.9 Å². The highest BCUT2D eigenvalue weighted by Crippen LogP contribution is 2.32. The van der Waals surface area contributed by atoms with Crippen molar-refractivity contribution in [2.24, 2.45) is 5.92 Å². The summed E-state index contributed by atoms with van der Waals surface area (Å²) >= 11 is 1.96. The van der Waals surface area contributed by atoms with Crippen LogP contribution in [-0.4, -0.2) is 21.9 Å². The molecule has 0 N–H and O–H groups in total. The summed E-state index contributed by atoms with van der Waals surface area (Å²) in [7, 11) is 0. The lowest BCUT2D eigenvalue weighted by Crippen LogP contribution is -2.22. The van der Waals surface area contributed by atoms with Crippen LogP contribution in [0.3, 0.4) is 0 Å². The Bertz CT molecular complexity index is 427. The average molecular weight is 267 g/mol. The summed E-state index contributed by atoms with van der Waals surface area (Å²) in [5.41, 5.74) is 1.62. The van der Waals surface area contributed by atoms with Gasteiger partial charge in [0.2, 0.25) is 0 Å². The van der Waals surface area contributed by atoms with E-state index in [4.69, 9.17) is 4.52 Å². The van der Waals surface area contributed by atoms with Crippen LogP contribution in [0.5, 0.6) is 0 Å². The van der Waals surface area contributed by atoms with Gasteiger partial charge in [-0.25, -0.2) is 0 Å². The smallest absolute Gasteiger partial charge is 0.168 e. The van der Waals surface area contributed by atoms with Gasteiger partial charge in [0.1, 0.15) is 5.76 Å². The Morgan fingerprint density at radius 3 is 2.89 bits per heavy atom. The molecule has 1 aliphatic carbocycles. The summed E-state index contributed by atoms with van der Waals surface area (Å²) in [6.45, 7) is 6.43. The van der Waals surface area contributed by atoms with Gasteiger partial charge in [0, 0.05) is 18.1 Å². The molecule has 18 heavy (non-hydrogen) atoms. The molecule has 1 aromatic rings. The third-order valence-electron chi connectivity index (χ3n) is 3.51. The molecule has 0 aromatic carbocycles. The zero-order valence-electron chi connectivity index (χ0n) is 11.4. The molecule has 100 valence electrons. The number of hydrogen-bond acceptors (Lipinski definition) is 4. The second-order valence-electron chi connectivity index (χ2n) is 4.98. The lowest BCUT2D eigenvalue weighted by Gasteiger charge is -2.22. The fourth-order valence-corrected chi connectivity index (χ4v) is 3.72. The molecule has 1 aromatic heterocycles. The lowest BCUT2D eigenvalue weighted by atomic mass is 9.83. The highest BCUT2D eigenvalue weighted by Gasteiger charge is 2.31. The molecule has 0 saturated carbocycles. The molecular formula is C14H21NO2S. The first-order valence-electron chi connectivity index (χ1n) is 6.77. The number of rotatable bonds is 5. The molecule has 2 rings (SSSR count). The SMILES string of the molecule is CCS[C@@H](C)C[C@@H]1CC(=O)c2c(CC)noc2C1. The van der Waals surface area contributed by atoms with E-state index in [-0.39, 0.29) is 5.78 Å². The summed E-state index contributed by atoms with van der Waals surface area (Å²) < 4.78 is 5.34. The molecule has 4 heteroatoms. The molecule has 0 unspecified atom stereocenters. The van der Waals surface area contributed by atoms with E-state index in [1.165, 1.54) is 0 Å². The molecule has 1 heterocycles. The third-order valence-corrected chi connectivity index (χ3v) is 4.61. The van der Waals surface area contributed by atoms with Crippen LogP contribution in [-0.2, 0) is 12.8 Å². The van der Waals surface area contributed by atoms with E-state index < -0.39 is 0 Å². The Morgan fingerprint density at radius 1 is 1.44 bits per heavy atom. The Labute approximate surface area is 113 Å². The zero-order valence-corrected chi connectivity index (χ0v) is 12.2. The van der Waals surface area contributed by atoms with Gasteiger partial charge in [-0.05, 0) is 24.5 Å². The molecule has 0 bridgehead atoms. The summed E-state index contributed by atoms with van der Waals surface area (Å²) in [5, 5.41) is 4.63. The fourth-order valence-electron chi connectivity index (χ4n) is 2.75. The van der Waals surface area contributed by atoms with Crippen LogP contribution in [0.15, 0.2) is 4.52 Å². The number of aryl methyl sites for hydroxylation is 1. The van der Waals surface area contributed by atoms with E-state index in [0.29, 0.717) is 17.6 Å². The maximum atomic E-state index is 12.2. The Balaban J connectivity index is 2.07. The van der Waals surface area contributed by atoms with Gasteiger partial charge >= 0.3 is 0 Å². The van der Waals surface area contributed by atoms with Gasteiger partial charge in [0.05, 0.1) is 11.3 Å². The fraction of sp³-hybridized carbons (Fsp3) is 0.714. The summed E-state index contributed by atoms with van der Waals surface area (Å²) in [4.78, 5) is 12.2. The first-order valence-corrected chi connectivity index (χ1v) is 7.82. The van der Waals surface area contributed by atoms with Crippen molar-refractivity contribution >= 4 is 17.5 Å². The third kappa shape index (κ3) is 2.79. The van der Waals surface area contributed by atoms with Crippen LogP contribution in [0.1, 0.15) is 55.4 Å². The van der Waals surface area contributed by atoms with E-state index in [9.17, 15) is 4.79 Å². The van der Waals surface area contributed by atoms with Crippen LogP contribution >= 0.6 is 11.8 Å². The van der Waals surface area contributed by atoms with E-state index >= 15 is 0 Å². The number of carbonyl (C=O) groups is 1. The van der Waals surface area contributed by atoms with E-state index in [1.807, 2.05) is 18.7 Å². The van der Waals surface area contributed by atoms with Crippen molar-refractivity contribution in [1.82, 2.24) is 5.16 Å². The molecule has 3 nitrogen and oxygen atoms in total. The van der Waals surface area contributed by atoms with Crippen LogP contribution in [0.2, 0.25) is 0 Å². The van der Waals surface area contributed by atoms with Gasteiger partial charge < -0.3 is 4.52 Å². The largest absolute Gasteiger partial charge is 0.360 e. The molecular weight excluding hydrogens is 246 g/mol. The van der Waals surface area contributed by atoms with E-state index in [2.05, 4.69) is 19.0 Å². The minimum atomic E-state index is 0.230. The number of thioether (sulfide) groups is 1. The first kappa shape index (κ1) is 13.7. The quantitative estimate of drug-likeness (QED) is 0.818. The summed E-state index contributed by atoms with van der Waals surface area (Å²) in [6.07, 6.45) is 3.40. The van der Waals surface area contributed by atoms with Crippen molar-refractivity contribution < 1.29 is 9.32 Å². The normalized spacial score (nSPS) is 20.8. The number of ketones is 1. The van der Waals surface area contributed by atoms with E-state index in [1.54, 1.807) is 0 Å². The highest BCUT2D eigenvalue weighted by atomic mass is 32.2. The van der Waals surface area contributed by atoms with Gasteiger partial charge in [0.15, 0.2) is 5.78 Å².